The van der Waals surface area contributed by atoms with Crippen molar-refractivity contribution in [2.24, 2.45) is 0 Å². The maximum absolute atomic E-state index is 13.9. The molecule has 2 heterocycles. The highest BCUT2D eigenvalue weighted by Crippen LogP contribution is 2.35. The van der Waals surface area contributed by atoms with Crippen molar-refractivity contribution < 1.29 is 9.53 Å². The van der Waals surface area contributed by atoms with Crippen molar-refractivity contribution >= 4 is 5.91 Å². The monoisotopic (exact) mass is 513 g/mol. The Labute approximate surface area is 226 Å². The molecule has 0 bridgehead atoms. The molecule has 2 aromatic carbocycles. The summed E-state index contributed by atoms with van der Waals surface area (Å²) in [5.74, 6) is 0.684. The standard InChI is InChI=1S/C31H39N5O2/c1-30(2,3)23-13-14-27(38-7)22(17-23)19-33-25-15-16-35(28(25)21-11-9-8-10-12-21)29(37)24-20-34-36(26(24)18-32)31(4,5)6/h8-14,17,20,25,28,33H,15-16,19H2,1-7H3. The molecule has 2 atom stereocenters. The van der Waals surface area contributed by atoms with E-state index in [-0.39, 0.29) is 23.4 Å². The zero-order valence-corrected chi connectivity index (χ0v) is 23.6. The quantitative estimate of drug-likeness (QED) is 0.466. The minimum Gasteiger partial charge on any atom is -0.496 e. The van der Waals surface area contributed by atoms with Crippen LogP contribution in [0.3, 0.4) is 0 Å². The number of nitriles is 1. The number of nitrogens with zero attached hydrogens (tertiary/aromatic N) is 4. The van der Waals surface area contributed by atoms with Crippen molar-refractivity contribution in [2.45, 2.75) is 77.5 Å². The van der Waals surface area contributed by atoms with Crippen LogP contribution in [-0.2, 0) is 17.5 Å². The molecule has 0 spiro atoms. The van der Waals surface area contributed by atoms with E-state index in [1.165, 1.54) is 11.8 Å². The molecule has 38 heavy (non-hydrogen) atoms. The number of methoxy groups -OCH3 is 1. The van der Waals surface area contributed by atoms with Crippen LogP contribution in [0, 0.1) is 11.3 Å². The van der Waals surface area contributed by atoms with Gasteiger partial charge >= 0.3 is 0 Å². The van der Waals surface area contributed by atoms with E-state index in [1.54, 1.807) is 11.8 Å². The van der Waals surface area contributed by atoms with E-state index < -0.39 is 5.54 Å². The number of amides is 1. The number of benzene rings is 2. The number of nitrogens with one attached hydrogen (secondary N) is 1. The van der Waals surface area contributed by atoms with Crippen molar-refractivity contribution in [1.82, 2.24) is 20.0 Å². The lowest BCUT2D eigenvalue weighted by Crippen LogP contribution is -2.38. The van der Waals surface area contributed by atoms with E-state index >= 15 is 0 Å². The van der Waals surface area contributed by atoms with E-state index in [4.69, 9.17) is 4.74 Å². The van der Waals surface area contributed by atoms with Gasteiger partial charge in [0.25, 0.3) is 5.91 Å². The second kappa shape index (κ2) is 10.6. The summed E-state index contributed by atoms with van der Waals surface area (Å²) in [6.45, 7) is 13.7. The first-order valence-electron chi connectivity index (χ1n) is 13.2. The number of hydrogen-bond donors (Lipinski definition) is 1. The Morgan fingerprint density at radius 2 is 1.84 bits per heavy atom. The van der Waals surface area contributed by atoms with E-state index in [2.05, 4.69) is 61.5 Å². The minimum absolute atomic E-state index is 0.0279. The highest BCUT2D eigenvalue weighted by atomic mass is 16.5. The second-order valence-electron chi connectivity index (χ2n) is 12.0. The summed E-state index contributed by atoms with van der Waals surface area (Å²) in [6.07, 6.45) is 2.33. The molecule has 0 aliphatic carbocycles. The number of aromatic nitrogens is 2. The molecule has 0 saturated carbocycles. The van der Waals surface area contributed by atoms with Crippen molar-refractivity contribution in [3.63, 3.8) is 0 Å². The Morgan fingerprint density at radius 3 is 2.45 bits per heavy atom. The van der Waals surface area contributed by atoms with Gasteiger partial charge in [-0.05, 0) is 49.8 Å². The number of ether oxygens (including phenoxy) is 1. The topological polar surface area (TPSA) is 83.2 Å². The SMILES string of the molecule is COc1ccc(C(C)(C)C)cc1CNC1CCN(C(=O)c2cnn(C(C)(C)C)c2C#N)C1c1ccccc1. The van der Waals surface area contributed by atoms with Gasteiger partial charge in [-0.15, -0.1) is 0 Å². The summed E-state index contributed by atoms with van der Waals surface area (Å²) in [5.41, 5.74) is 3.68. The third-order valence-electron chi connectivity index (χ3n) is 7.24. The molecule has 200 valence electrons. The van der Waals surface area contributed by atoms with E-state index in [1.807, 2.05) is 49.9 Å². The molecular formula is C31H39N5O2. The van der Waals surface area contributed by atoms with Crippen LogP contribution in [0.15, 0.2) is 54.7 Å². The van der Waals surface area contributed by atoms with Gasteiger partial charge in [-0.2, -0.15) is 10.4 Å². The van der Waals surface area contributed by atoms with Crippen LogP contribution in [0.4, 0.5) is 0 Å². The van der Waals surface area contributed by atoms with Crippen LogP contribution in [0.25, 0.3) is 0 Å². The first kappa shape index (κ1) is 27.4. The van der Waals surface area contributed by atoms with Gasteiger partial charge < -0.3 is 15.0 Å². The molecule has 1 aliphatic heterocycles. The molecule has 0 radical (unpaired) electrons. The fourth-order valence-corrected chi connectivity index (χ4v) is 5.20. The summed E-state index contributed by atoms with van der Waals surface area (Å²) in [6, 6.07) is 18.6. The Morgan fingerprint density at radius 1 is 1.13 bits per heavy atom. The molecule has 4 rings (SSSR count). The third-order valence-corrected chi connectivity index (χ3v) is 7.24. The van der Waals surface area contributed by atoms with Gasteiger partial charge in [0.1, 0.15) is 11.8 Å². The van der Waals surface area contributed by atoms with Crippen LogP contribution in [0.5, 0.6) is 5.75 Å². The fraction of sp³-hybridized carbons (Fsp3) is 0.452. The first-order chi connectivity index (χ1) is 18.0. The summed E-state index contributed by atoms with van der Waals surface area (Å²) in [7, 11) is 1.70. The lowest BCUT2D eigenvalue weighted by molar-refractivity contribution is 0.0724. The lowest BCUT2D eigenvalue weighted by atomic mass is 9.86. The Hall–Kier alpha value is -3.63. The Balaban J connectivity index is 1.64. The summed E-state index contributed by atoms with van der Waals surface area (Å²) in [4.78, 5) is 15.8. The maximum atomic E-state index is 13.9. The van der Waals surface area contributed by atoms with Crippen LogP contribution < -0.4 is 10.1 Å². The van der Waals surface area contributed by atoms with Crippen LogP contribution in [0.1, 0.15) is 86.7 Å². The third kappa shape index (κ3) is 5.46. The van der Waals surface area contributed by atoms with Gasteiger partial charge in [0.15, 0.2) is 5.69 Å². The molecule has 1 aromatic heterocycles. The smallest absolute Gasteiger partial charge is 0.259 e. The molecule has 1 N–H and O–H groups in total. The molecule has 1 fully saturated rings. The number of likely N-dealkylation sites (tertiary alicyclic amines) is 1. The van der Waals surface area contributed by atoms with Gasteiger partial charge in [-0.1, -0.05) is 63.2 Å². The van der Waals surface area contributed by atoms with Crippen molar-refractivity contribution in [3.8, 4) is 11.8 Å². The minimum atomic E-state index is -0.405. The number of carbonyl (C=O) groups is 1. The number of carbonyl (C=O) groups excluding carboxylic acids is 1. The zero-order valence-electron chi connectivity index (χ0n) is 23.6. The second-order valence-corrected chi connectivity index (χ2v) is 12.0. The number of hydrogen-bond acceptors (Lipinski definition) is 5. The zero-order chi connectivity index (χ0) is 27.7. The van der Waals surface area contributed by atoms with Gasteiger partial charge in [0.05, 0.1) is 30.5 Å². The lowest BCUT2D eigenvalue weighted by Gasteiger charge is -2.30. The molecule has 7 heteroatoms. The Bertz CT molecular complexity index is 1330. The predicted molar refractivity (Wildman–Crippen MR) is 149 cm³/mol. The van der Waals surface area contributed by atoms with E-state index in [9.17, 15) is 10.1 Å². The van der Waals surface area contributed by atoms with E-state index in [0.717, 1.165) is 23.3 Å². The van der Waals surface area contributed by atoms with Gasteiger partial charge in [-0.3, -0.25) is 4.79 Å². The summed E-state index contributed by atoms with van der Waals surface area (Å²) >= 11 is 0. The average molecular weight is 514 g/mol. The maximum Gasteiger partial charge on any atom is 0.259 e. The number of rotatable bonds is 6. The summed E-state index contributed by atoms with van der Waals surface area (Å²) in [5, 5.41) is 18.1. The highest BCUT2D eigenvalue weighted by Gasteiger charge is 2.40. The fourth-order valence-electron chi connectivity index (χ4n) is 5.20. The molecule has 2 unspecified atom stereocenters. The molecule has 1 saturated heterocycles. The van der Waals surface area contributed by atoms with Crippen LogP contribution in [0.2, 0.25) is 0 Å². The largest absolute Gasteiger partial charge is 0.496 e. The Kier molecular flexibility index (Phi) is 7.66. The van der Waals surface area contributed by atoms with Gasteiger partial charge in [0.2, 0.25) is 0 Å². The van der Waals surface area contributed by atoms with Crippen LogP contribution in [-0.4, -0.2) is 40.3 Å². The average Bonchev–Trinajstić information content (AvgIpc) is 3.51. The molecule has 7 nitrogen and oxygen atoms in total. The van der Waals surface area contributed by atoms with Gasteiger partial charge in [-0.25, -0.2) is 4.68 Å². The molecular weight excluding hydrogens is 474 g/mol. The van der Waals surface area contributed by atoms with Crippen LogP contribution >= 0.6 is 0 Å². The van der Waals surface area contributed by atoms with Crippen molar-refractivity contribution in [1.29, 1.82) is 5.26 Å². The van der Waals surface area contributed by atoms with Crippen molar-refractivity contribution in [2.75, 3.05) is 13.7 Å². The van der Waals surface area contributed by atoms with E-state index in [0.29, 0.717) is 24.3 Å². The van der Waals surface area contributed by atoms with Gasteiger partial charge in [0, 0.05) is 24.7 Å². The molecule has 3 aromatic rings. The molecule has 1 amide bonds. The predicted octanol–water partition coefficient (Wildman–Crippen LogP) is 5.56. The molecule has 1 aliphatic rings. The normalized spacial score (nSPS) is 17.9. The summed E-state index contributed by atoms with van der Waals surface area (Å²) < 4.78 is 7.30. The first-order valence-corrected chi connectivity index (χ1v) is 13.2. The van der Waals surface area contributed by atoms with Crippen molar-refractivity contribution in [3.05, 3.63) is 82.7 Å². The highest BCUT2D eigenvalue weighted by molar-refractivity contribution is 5.96.